The van der Waals surface area contributed by atoms with Crippen molar-refractivity contribution in [2.24, 2.45) is 0 Å². The lowest BCUT2D eigenvalue weighted by atomic mass is 10.4. The van der Waals surface area contributed by atoms with Gasteiger partial charge in [0, 0.05) is 13.1 Å². The van der Waals surface area contributed by atoms with Crippen LogP contribution in [-0.2, 0) is 4.74 Å². The molecule has 0 unspecified atom stereocenters. The number of aromatic nitrogens is 1. The first-order valence-electron chi connectivity index (χ1n) is 4.96. The van der Waals surface area contributed by atoms with Crippen molar-refractivity contribution in [2.75, 3.05) is 31.7 Å². The Morgan fingerprint density at radius 1 is 1.50 bits per heavy atom. The van der Waals surface area contributed by atoms with Crippen LogP contribution in [0.1, 0.15) is 0 Å². The summed E-state index contributed by atoms with van der Waals surface area (Å²) >= 11 is 0. The van der Waals surface area contributed by atoms with Crippen molar-refractivity contribution in [3.63, 3.8) is 0 Å². The van der Waals surface area contributed by atoms with Gasteiger partial charge in [-0.15, -0.1) is 0 Å². The number of nitro groups is 1. The van der Waals surface area contributed by atoms with Crippen LogP contribution in [0.4, 0.5) is 11.5 Å². The van der Waals surface area contributed by atoms with Gasteiger partial charge in [0.15, 0.2) is 0 Å². The fraction of sp³-hybridized carbons (Fsp3) is 0.444. The van der Waals surface area contributed by atoms with E-state index in [1.165, 1.54) is 6.20 Å². The van der Waals surface area contributed by atoms with Gasteiger partial charge in [0.1, 0.15) is 11.9 Å². The molecule has 0 aromatic carbocycles. The highest BCUT2D eigenvalue weighted by Gasteiger charge is 2.17. The van der Waals surface area contributed by atoms with Crippen LogP contribution in [0.5, 0.6) is 0 Å². The van der Waals surface area contributed by atoms with Gasteiger partial charge in [-0.3, -0.25) is 0 Å². The molecular weight excluding hydrogens is 212 g/mol. The maximum absolute atomic E-state index is 10.7. The molecule has 1 aromatic heterocycles. The molecule has 1 fully saturated rings. The number of ether oxygens (including phenoxy) is 1. The fourth-order valence-electron chi connectivity index (χ4n) is 1.48. The fourth-order valence-corrected chi connectivity index (χ4v) is 1.48. The first-order valence-corrected chi connectivity index (χ1v) is 4.96. The summed E-state index contributed by atoms with van der Waals surface area (Å²) in [6.45, 7) is 2.65. The molecule has 0 bridgehead atoms. The molecule has 0 radical (unpaired) electrons. The molecule has 1 aliphatic rings. The number of hydrogen-bond acceptors (Lipinski definition) is 6. The molecule has 2 rings (SSSR count). The summed E-state index contributed by atoms with van der Waals surface area (Å²) in [7, 11) is 0. The van der Waals surface area contributed by atoms with Crippen molar-refractivity contribution in [1.29, 1.82) is 0 Å². The van der Waals surface area contributed by atoms with Crippen molar-refractivity contribution >= 4 is 11.5 Å². The lowest BCUT2D eigenvalue weighted by molar-refractivity contribution is -0.388. The van der Waals surface area contributed by atoms with E-state index in [-0.39, 0.29) is 5.82 Å². The van der Waals surface area contributed by atoms with E-state index in [1.807, 2.05) is 5.01 Å². The van der Waals surface area contributed by atoms with Gasteiger partial charge < -0.3 is 20.3 Å². The smallest absolute Gasteiger partial charge is 0.379 e. The normalized spacial score (nSPS) is 17.0. The number of nitrogens with zero attached hydrogens (tertiary/aromatic N) is 3. The van der Waals surface area contributed by atoms with E-state index in [2.05, 4.69) is 10.4 Å². The molecular formula is C9H12N4O3. The van der Waals surface area contributed by atoms with Gasteiger partial charge in [0.25, 0.3) is 0 Å². The minimum Gasteiger partial charge on any atom is -0.379 e. The Kier molecular flexibility index (Phi) is 3.28. The Morgan fingerprint density at radius 2 is 2.25 bits per heavy atom. The lowest BCUT2D eigenvalue weighted by Crippen LogP contribution is -2.40. The zero-order valence-electron chi connectivity index (χ0n) is 8.63. The highest BCUT2D eigenvalue weighted by atomic mass is 16.6. The summed E-state index contributed by atoms with van der Waals surface area (Å²) in [4.78, 5) is 14.0. The predicted octanol–water partition coefficient (Wildman–Crippen LogP) is 0.649. The first kappa shape index (κ1) is 10.8. The number of pyridine rings is 1. The molecule has 0 atom stereocenters. The van der Waals surface area contributed by atoms with Crippen LogP contribution in [0, 0.1) is 10.1 Å². The molecule has 0 aliphatic carbocycles. The minimum atomic E-state index is -0.497. The zero-order chi connectivity index (χ0) is 11.4. The number of anilines is 1. The maximum atomic E-state index is 10.7. The summed E-state index contributed by atoms with van der Waals surface area (Å²) in [5.74, 6) is -0.158. The summed E-state index contributed by atoms with van der Waals surface area (Å²) in [5, 5.41) is 12.6. The van der Waals surface area contributed by atoms with Crippen molar-refractivity contribution in [3.05, 3.63) is 28.4 Å². The molecule has 1 saturated heterocycles. The Labute approximate surface area is 92.2 Å². The molecule has 86 valence electrons. The quantitative estimate of drug-likeness (QED) is 0.599. The number of hydrazine groups is 1. The molecule has 2 heterocycles. The molecule has 0 spiro atoms. The van der Waals surface area contributed by atoms with Crippen molar-refractivity contribution in [2.45, 2.75) is 0 Å². The number of rotatable bonds is 3. The van der Waals surface area contributed by atoms with Gasteiger partial charge in [0.2, 0.25) is 0 Å². The van der Waals surface area contributed by atoms with Gasteiger partial charge in [-0.1, -0.05) is 0 Å². The van der Waals surface area contributed by atoms with Crippen LogP contribution in [0.2, 0.25) is 0 Å². The Balaban J connectivity index is 2.10. The van der Waals surface area contributed by atoms with Gasteiger partial charge in [-0.2, -0.15) is 0 Å². The Bertz CT molecular complexity index is 379. The number of morpholine rings is 1. The summed E-state index contributed by atoms with van der Waals surface area (Å²) < 4.78 is 5.18. The second-order valence-electron chi connectivity index (χ2n) is 3.34. The summed E-state index contributed by atoms with van der Waals surface area (Å²) in [5.41, 5.74) is 3.39. The standard InChI is InChI=1S/C9H12N4O3/c14-13(15)9-8(2-1-3-10-9)11-12-4-6-16-7-5-12/h1-3,11H,4-7H2. The third-order valence-corrected chi connectivity index (χ3v) is 2.25. The monoisotopic (exact) mass is 224 g/mol. The van der Waals surface area contributed by atoms with Crippen molar-refractivity contribution in [1.82, 2.24) is 9.99 Å². The predicted molar refractivity (Wildman–Crippen MR) is 56.9 cm³/mol. The first-order chi connectivity index (χ1) is 7.77. The van der Waals surface area contributed by atoms with Crippen LogP contribution in [0.15, 0.2) is 18.3 Å². The van der Waals surface area contributed by atoms with E-state index in [0.717, 1.165) is 0 Å². The van der Waals surface area contributed by atoms with Gasteiger partial charge in [-0.25, -0.2) is 5.01 Å². The molecule has 7 heteroatoms. The highest BCUT2D eigenvalue weighted by Crippen LogP contribution is 2.20. The molecule has 16 heavy (non-hydrogen) atoms. The second kappa shape index (κ2) is 4.86. The average Bonchev–Trinajstić information content (AvgIpc) is 2.31. The molecule has 1 N–H and O–H groups in total. The van der Waals surface area contributed by atoms with E-state index in [1.54, 1.807) is 12.1 Å². The van der Waals surface area contributed by atoms with Crippen LogP contribution < -0.4 is 5.43 Å². The highest BCUT2D eigenvalue weighted by molar-refractivity contribution is 5.55. The van der Waals surface area contributed by atoms with Crippen LogP contribution in [0.3, 0.4) is 0 Å². The van der Waals surface area contributed by atoms with Crippen LogP contribution in [-0.4, -0.2) is 41.2 Å². The molecule has 0 saturated carbocycles. The van der Waals surface area contributed by atoms with E-state index < -0.39 is 4.92 Å². The maximum Gasteiger partial charge on any atom is 0.388 e. The van der Waals surface area contributed by atoms with Crippen LogP contribution in [0.25, 0.3) is 0 Å². The third-order valence-electron chi connectivity index (χ3n) is 2.25. The van der Waals surface area contributed by atoms with E-state index in [0.29, 0.717) is 32.0 Å². The molecule has 7 nitrogen and oxygen atoms in total. The minimum absolute atomic E-state index is 0.158. The zero-order valence-corrected chi connectivity index (χ0v) is 8.63. The topological polar surface area (TPSA) is 80.5 Å². The average molecular weight is 224 g/mol. The largest absolute Gasteiger partial charge is 0.388 e. The molecule has 1 aromatic rings. The van der Waals surface area contributed by atoms with E-state index >= 15 is 0 Å². The SMILES string of the molecule is O=[N+]([O-])c1ncccc1NN1CCOCC1. The number of hydrogen-bond donors (Lipinski definition) is 1. The van der Waals surface area contributed by atoms with Crippen molar-refractivity contribution < 1.29 is 9.66 Å². The Hall–Kier alpha value is -1.73. The van der Waals surface area contributed by atoms with Crippen molar-refractivity contribution in [3.8, 4) is 0 Å². The lowest BCUT2D eigenvalue weighted by Gasteiger charge is -2.27. The van der Waals surface area contributed by atoms with Gasteiger partial charge >= 0.3 is 5.82 Å². The molecule has 1 aliphatic heterocycles. The second-order valence-corrected chi connectivity index (χ2v) is 3.34. The van der Waals surface area contributed by atoms with Crippen LogP contribution >= 0.6 is 0 Å². The van der Waals surface area contributed by atoms with E-state index in [9.17, 15) is 10.1 Å². The number of nitrogens with one attached hydrogen (secondary N) is 1. The Morgan fingerprint density at radius 3 is 2.94 bits per heavy atom. The summed E-state index contributed by atoms with van der Waals surface area (Å²) in [6.07, 6.45) is 1.41. The molecule has 0 amide bonds. The van der Waals surface area contributed by atoms with Gasteiger partial charge in [-0.05, 0) is 22.0 Å². The third kappa shape index (κ3) is 2.44. The van der Waals surface area contributed by atoms with Gasteiger partial charge in [0.05, 0.1) is 13.2 Å². The van der Waals surface area contributed by atoms with E-state index in [4.69, 9.17) is 4.74 Å². The summed E-state index contributed by atoms with van der Waals surface area (Å²) in [6, 6.07) is 3.30.